The number of hydrogen-bond donors (Lipinski definition) is 1. The number of methoxy groups -OCH3 is 2. The van der Waals surface area contributed by atoms with Gasteiger partial charge >= 0.3 is 0 Å². The third kappa shape index (κ3) is 4.55. The van der Waals surface area contributed by atoms with Crippen molar-refractivity contribution in [2.24, 2.45) is 0 Å². The normalized spacial score (nSPS) is 11.1. The van der Waals surface area contributed by atoms with Crippen LogP contribution in [0.2, 0.25) is 0 Å². The van der Waals surface area contributed by atoms with E-state index in [0.29, 0.717) is 6.54 Å². The van der Waals surface area contributed by atoms with E-state index in [2.05, 4.69) is 5.32 Å². The molecule has 0 saturated heterocycles. The number of ether oxygens (including phenoxy) is 3. The molecular formula is C14H23NO3. The zero-order valence-corrected chi connectivity index (χ0v) is 11.8. The second-order valence-electron chi connectivity index (χ2n) is 4.43. The number of nitrogens with one attached hydrogen (secondary N) is 1. The molecule has 0 radical (unpaired) electrons. The lowest BCUT2D eigenvalue weighted by atomic mass is 10.2. The summed E-state index contributed by atoms with van der Waals surface area (Å²) in [6.45, 7) is 6.69. The minimum atomic E-state index is -0.240. The Morgan fingerprint density at radius 1 is 1.17 bits per heavy atom. The average molecular weight is 253 g/mol. The molecule has 1 rings (SSSR count). The van der Waals surface area contributed by atoms with Gasteiger partial charge in [0.25, 0.3) is 0 Å². The summed E-state index contributed by atoms with van der Waals surface area (Å²) in [6.07, 6.45) is -0.0504. The van der Waals surface area contributed by atoms with Crippen molar-refractivity contribution < 1.29 is 14.2 Å². The lowest BCUT2D eigenvalue weighted by molar-refractivity contribution is -0.0914. The van der Waals surface area contributed by atoms with Crippen molar-refractivity contribution in [3.8, 4) is 5.75 Å². The molecule has 0 saturated carbocycles. The van der Waals surface area contributed by atoms with Crippen LogP contribution in [-0.4, -0.2) is 33.2 Å². The van der Waals surface area contributed by atoms with Crippen LogP contribution < -0.4 is 10.1 Å². The second kappa shape index (κ2) is 7.24. The van der Waals surface area contributed by atoms with Crippen molar-refractivity contribution in [3.05, 3.63) is 23.8 Å². The molecule has 102 valence electrons. The lowest BCUT2D eigenvalue weighted by Crippen LogP contribution is -2.23. The summed E-state index contributed by atoms with van der Waals surface area (Å²) in [7, 11) is 3.25. The average Bonchev–Trinajstić information content (AvgIpc) is 2.32. The second-order valence-corrected chi connectivity index (χ2v) is 4.43. The van der Waals surface area contributed by atoms with E-state index in [0.717, 1.165) is 17.0 Å². The van der Waals surface area contributed by atoms with Gasteiger partial charge in [0.2, 0.25) is 0 Å². The molecule has 0 aliphatic rings. The van der Waals surface area contributed by atoms with E-state index in [1.807, 2.05) is 39.0 Å². The van der Waals surface area contributed by atoms with E-state index in [4.69, 9.17) is 14.2 Å². The SMILES string of the molecule is COC(CNc1ccc(OC(C)C)cc1C)OC. The Hall–Kier alpha value is -1.26. The molecule has 18 heavy (non-hydrogen) atoms. The van der Waals surface area contributed by atoms with Crippen LogP contribution in [0.3, 0.4) is 0 Å². The van der Waals surface area contributed by atoms with Gasteiger partial charge in [-0.25, -0.2) is 0 Å². The quantitative estimate of drug-likeness (QED) is 0.758. The molecule has 0 aliphatic heterocycles. The van der Waals surface area contributed by atoms with E-state index in [1.165, 1.54) is 0 Å². The first-order valence-electron chi connectivity index (χ1n) is 6.13. The largest absolute Gasteiger partial charge is 0.491 e. The van der Waals surface area contributed by atoms with Crippen LogP contribution in [0.5, 0.6) is 5.75 Å². The van der Waals surface area contributed by atoms with Gasteiger partial charge < -0.3 is 19.5 Å². The van der Waals surface area contributed by atoms with Crippen LogP contribution in [0.25, 0.3) is 0 Å². The smallest absolute Gasteiger partial charge is 0.173 e. The molecule has 1 aromatic rings. The molecule has 1 N–H and O–H groups in total. The van der Waals surface area contributed by atoms with E-state index >= 15 is 0 Å². The van der Waals surface area contributed by atoms with E-state index in [9.17, 15) is 0 Å². The standard InChI is InChI=1S/C14H23NO3/c1-10(2)18-12-6-7-13(11(3)8-12)15-9-14(16-4)17-5/h6-8,10,14-15H,9H2,1-5H3. The number of hydrogen-bond acceptors (Lipinski definition) is 4. The van der Waals surface area contributed by atoms with Crippen molar-refractivity contribution >= 4 is 5.69 Å². The van der Waals surface area contributed by atoms with Crippen LogP contribution in [0.1, 0.15) is 19.4 Å². The fourth-order valence-electron chi connectivity index (χ4n) is 1.64. The molecular weight excluding hydrogens is 230 g/mol. The summed E-state index contributed by atoms with van der Waals surface area (Å²) in [6, 6.07) is 6.00. The van der Waals surface area contributed by atoms with Crippen LogP contribution in [0.4, 0.5) is 5.69 Å². The Balaban J connectivity index is 2.62. The van der Waals surface area contributed by atoms with Crippen molar-refractivity contribution in [2.75, 3.05) is 26.1 Å². The zero-order valence-electron chi connectivity index (χ0n) is 11.8. The van der Waals surface area contributed by atoms with Gasteiger partial charge in [0.15, 0.2) is 6.29 Å². The first-order chi connectivity index (χ1) is 8.56. The highest BCUT2D eigenvalue weighted by Crippen LogP contribution is 2.22. The van der Waals surface area contributed by atoms with Crippen molar-refractivity contribution in [1.29, 1.82) is 0 Å². The molecule has 4 nitrogen and oxygen atoms in total. The van der Waals surface area contributed by atoms with Gasteiger partial charge in [-0.2, -0.15) is 0 Å². The van der Waals surface area contributed by atoms with Crippen molar-refractivity contribution in [2.45, 2.75) is 33.2 Å². The Labute approximate surface area is 109 Å². The maximum atomic E-state index is 5.64. The Morgan fingerprint density at radius 3 is 2.33 bits per heavy atom. The first kappa shape index (κ1) is 14.8. The van der Waals surface area contributed by atoms with Crippen molar-refractivity contribution in [1.82, 2.24) is 0 Å². The number of anilines is 1. The van der Waals surface area contributed by atoms with Gasteiger partial charge in [0.1, 0.15) is 5.75 Å². The van der Waals surface area contributed by atoms with Gasteiger partial charge in [-0.1, -0.05) is 0 Å². The van der Waals surface area contributed by atoms with Crippen LogP contribution in [0.15, 0.2) is 18.2 Å². The highest BCUT2D eigenvalue weighted by molar-refractivity contribution is 5.53. The van der Waals surface area contributed by atoms with Gasteiger partial charge in [-0.3, -0.25) is 0 Å². The fourth-order valence-corrected chi connectivity index (χ4v) is 1.64. The lowest BCUT2D eigenvalue weighted by Gasteiger charge is -2.17. The minimum absolute atomic E-state index is 0.189. The highest BCUT2D eigenvalue weighted by atomic mass is 16.7. The number of benzene rings is 1. The van der Waals surface area contributed by atoms with Crippen LogP contribution in [-0.2, 0) is 9.47 Å². The van der Waals surface area contributed by atoms with Gasteiger partial charge in [0.05, 0.1) is 12.6 Å². The Morgan fingerprint density at radius 2 is 1.83 bits per heavy atom. The summed E-state index contributed by atoms with van der Waals surface area (Å²) in [4.78, 5) is 0. The highest BCUT2D eigenvalue weighted by Gasteiger charge is 2.06. The molecule has 0 spiro atoms. The number of aryl methyl sites for hydroxylation is 1. The summed E-state index contributed by atoms with van der Waals surface area (Å²) >= 11 is 0. The zero-order chi connectivity index (χ0) is 13.5. The van der Waals surface area contributed by atoms with E-state index < -0.39 is 0 Å². The van der Waals surface area contributed by atoms with E-state index in [-0.39, 0.29) is 12.4 Å². The summed E-state index contributed by atoms with van der Waals surface area (Å²) in [5.41, 5.74) is 2.20. The third-order valence-corrected chi connectivity index (χ3v) is 2.55. The molecule has 0 bridgehead atoms. The molecule has 0 atom stereocenters. The maximum absolute atomic E-state index is 5.64. The summed E-state index contributed by atoms with van der Waals surface area (Å²) in [5.74, 6) is 0.892. The maximum Gasteiger partial charge on any atom is 0.173 e. The fraction of sp³-hybridized carbons (Fsp3) is 0.571. The molecule has 0 fully saturated rings. The molecule has 0 heterocycles. The molecule has 0 aromatic heterocycles. The van der Waals surface area contributed by atoms with Crippen molar-refractivity contribution in [3.63, 3.8) is 0 Å². The predicted octanol–water partition coefficient (Wildman–Crippen LogP) is 2.81. The number of rotatable bonds is 7. The van der Waals surface area contributed by atoms with Gasteiger partial charge in [-0.05, 0) is 44.5 Å². The van der Waals surface area contributed by atoms with Crippen LogP contribution >= 0.6 is 0 Å². The first-order valence-corrected chi connectivity index (χ1v) is 6.13. The molecule has 0 unspecified atom stereocenters. The third-order valence-electron chi connectivity index (χ3n) is 2.55. The topological polar surface area (TPSA) is 39.7 Å². The monoisotopic (exact) mass is 253 g/mol. The van der Waals surface area contributed by atoms with Gasteiger partial charge in [0, 0.05) is 19.9 Å². The molecule has 1 aromatic carbocycles. The predicted molar refractivity (Wildman–Crippen MR) is 73.2 cm³/mol. The molecule has 0 aliphatic carbocycles. The van der Waals surface area contributed by atoms with E-state index in [1.54, 1.807) is 14.2 Å². The molecule has 0 amide bonds. The Kier molecular flexibility index (Phi) is 5.95. The van der Waals surface area contributed by atoms with Gasteiger partial charge in [-0.15, -0.1) is 0 Å². The van der Waals surface area contributed by atoms with Crippen LogP contribution in [0, 0.1) is 6.92 Å². The summed E-state index contributed by atoms with van der Waals surface area (Å²) < 4.78 is 15.9. The Bertz CT molecular complexity index is 362. The molecule has 4 heteroatoms. The minimum Gasteiger partial charge on any atom is -0.491 e. The summed E-state index contributed by atoms with van der Waals surface area (Å²) in [5, 5.41) is 3.29.